The third-order valence-corrected chi connectivity index (χ3v) is 3.47. The first-order valence-electron chi connectivity index (χ1n) is 7.23. The lowest BCUT2D eigenvalue weighted by Gasteiger charge is -2.17. The second-order valence-corrected chi connectivity index (χ2v) is 4.98. The molecule has 1 aliphatic carbocycles. The molecule has 0 aliphatic heterocycles. The molecule has 0 atom stereocenters. The molecule has 0 bridgehead atoms. The Hall–Kier alpha value is -1.51. The zero-order valence-corrected chi connectivity index (χ0v) is 11.6. The van der Waals surface area contributed by atoms with Gasteiger partial charge in [0.1, 0.15) is 5.75 Å². The number of carbonyl (C=O) groups excluding carboxylic acids is 1. The van der Waals surface area contributed by atoms with Crippen LogP contribution in [0.3, 0.4) is 0 Å². The minimum atomic E-state index is -0.275. The fraction of sp³-hybridized carbons (Fsp3) is 0.562. The van der Waals surface area contributed by atoms with Crippen molar-refractivity contribution in [2.75, 3.05) is 6.61 Å². The molecular weight excluding hydrogens is 240 g/mol. The van der Waals surface area contributed by atoms with Crippen LogP contribution in [0.25, 0.3) is 0 Å². The van der Waals surface area contributed by atoms with E-state index in [0.29, 0.717) is 18.3 Å². The van der Waals surface area contributed by atoms with Gasteiger partial charge in [-0.3, -0.25) is 0 Å². The van der Waals surface area contributed by atoms with Crippen molar-refractivity contribution in [2.24, 2.45) is 0 Å². The van der Waals surface area contributed by atoms with E-state index in [0.717, 1.165) is 18.6 Å². The Kier molecular flexibility index (Phi) is 5.25. The maximum absolute atomic E-state index is 11.5. The van der Waals surface area contributed by atoms with Gasteiger partial charge in [0.15, 0.2) is 0 Å². The van der Waals surface area contributed by atoms with E-state index in [1.807, 2.05) is 12.1 Å². The van der Waals surface area contributed by atoms with Gasteiger partial charge in [-0.05, 0) is 56.9 Å². The van der Waals surface area contributed by atoms with Crippen molar-refractivity contribution in [1.82, 2.24) is 0 Å². The van der Waals surface area contributed by atoms with Crippen LogP contribution >= 0.6 is 0 Å². The van der Waals surface area contributed by atoms with Crippen molar-refractivity contribution in [3.8, 4) is 5.75 Å². The summed E-state index contributed by atoms with van der Waals surface area (Å²) in [5.74, 6) is 0.573. The third kappa shape index (κ3) is 4.27. The second-order valence-electron chi connectivity index (χ2n) is 4.98. The zero-order chi connectivity index (χ0) is 13.5. The molecule has 0 radical (unpaired) electrons. The third-order valence-electron chi connectivity index (χ3n) is 3.47. The van der Waals surface area contributed by atoms with Crippen LogP contribution in [0.4, 0.5) is 0 Å². The summed E-state index contributed by atoms with van der Waals surface area (Å²) in [6.07, 6.45) is 7.76. The normalized spacial score (nSPS) is 16.7. The van der Waals surface area contributed by atoms with Gasteiger partial charge >= 0.3 is 5.97 Å². The molecule has 0 spiro atoms. The van der Waals surface area contributed by atoms with Gasteiger partial charge in [-0.2, -0.15) is 0 Å². The molecule has 0 heterocycles. The molecule has 0 saturated heterocycles. The van der Waals surface area contributed by atoms with Crippen molar-refractivity contribution in [3.63, 3.8) is 0 Å². The molecule has 0 N–H and O–H groups in total. The molecule has 0 aromatic heterocycles. The van der Waals surface area contributed by atoms with Crippen molar-refractivity contribution >= 4 is 5.97 Å². The quantitative estimate of drug-likeness (QED) is 0.608. The molecule has 1 aromatic rings. The summed E-state index contributed by atoms with van der Waals surface area (Å²) < 4.78 is 10.9. The Morgan fingerprint density at radius 2 is 1.74 bits per heavy atom. The Balaban J connectivity index is 1.92. The van der Waals surface area contributed by atoms with E-state index in [9.17, 15) is 4.79 Å². The van der Waals surface area contributed by atoms with Crippen LogP contribution in [-0.2, 0) is 4.74 Å². The molecule has 3 nitrogen and oxygen atoms in total. The number of rotatable bonds is 4. The Labute approximate surface area is 114 Å². The SMILES string of the molecule is CCOC(=O)c1ccc(OC2CCCCCC2)cc1. The van der Waals surface area contributed by atoms with E-state index in [1.165, 1.54) is 25.7 Å². The van der Waals surface area contributed by atoms with Crippen LogP contribution in [0.2, 0.25) is 0 Å². The lowest BCUT2D eigenvalue weighted by molar-refractivity contribution is 0.0526. The average molecular weight is 262 g/mol. The summed E-state index contributed by atoms with van der Waals surface area (Å²) in [5, 5.41) is 0. The zero-order valence-electron chi connectivity index (χ0n) is 11.6. The lowest BCUT2D eigenvalue weighted by Crippen LogP contribution is -2.15. The smallest absolute Gasteiger partial charge is 0.338 e. The van der Waals surface area contributed by atoms with E-state index in [2.05, 4.69) is 0 Å². The predicted molar refractivity (Wildman–Crippen MR) is 74.5 cm³/mol. The lowest BCUT2D eigenvalue weighted by atomic mass is 10.1. The fourth-order valence-corrected chi connectivity index (χ4v) is 2.44. The average Bonchev–Trinajstić information content (AvgIpc) is 2.68. The topological polar surface area (TPSA) is 35.5 Å². The highest BCUT2D eigenvalue weighted by molar-refractivity contribution is 5.89. The molecule has 1 aromatic carbocycles. The molecule has 0 unspecified atom stereocenters. The van der Waals surface area contributed by atoms with Crippen LogP contribution in [0, 0.1) is 0 Å². The molecule has 19 heavy (non-hydrogen) atoms. The largest absolute Gasteiger partial charge is 0.490 e. The molecule has 2 rings (SSSR count). The van der Waals surface area contributed by atoms with Crippen LogP contribution in [-0.4, -0.2) is 18.7 Å². The Morgan fingerprint density at radius 3 is 2.32 bits per heavy atom. The van der Waals surface area contributed by atoms with Gasteiger partial charge in [0, 0.05) is 0 Å². The Bertz CT molecular complexity index is 389. The van der Waals surface area contributed by atoms with E-state index in [4.69, 9.17) is 9.47 Å². The van der Waals surface area contributed by atoms with E-state index < -0.39 is 0 Å². The Morgan fingerprint density at radius 1 is 1.11 bits per heavy atom. The maximum atomic E-state index is 11.5. The monoisotopic (exact) mass is 262 g/mol. The van der Waals surface area contributed by atoms with Crippen molar-refractivity contribution in [1.29, 1.82) is 0 Å². The van der Waals surface area contributed by atoms with Crippen LogP contribution in [0.5, 0.6) is 5.75 Å². The maximum Gasteiger partial charge on any atom is 0.338 e. The van der Waals surface area contributed by atoms with Gasteiger partial charge in [0.2, 0.25) is 0 Å². The van der Waals surface area contributed by atoms with Gasteiger partial charge in [-0.25, -0.2) is 4.79 Å². The van der Waals surface area contributed by atoms with Gasteiger partial charge in [-0.1, -0.05) is 12.8 Å². The highest BCUT2D eigenvalue weighted by Gasteiger charge is 2.14. The number of esters is 1. The fourth-order valence-electron chi connectivity index (χ4n) is 2.44. The van der Waals surface area contributed by atoms with Crippen molar-refractivity contribution in [3.05, 3.63) is 29.8 Å². The minimum Gasteiger partial charge on any atom is -0.490 e. The summed E-state index contributed by atoms with van der Waals surface area (Å²) in [6.45, 7) is 2.21. The molecule has 3 heteroatoms. The van der Waals surface area contributed by atoms with E-state index >= 15 is 0 Å². The van der Waals surface area contributed by atoms with Crippen molar-refractivity contribution < 1.29 is 14.3 Å². The first-order chi connectivity index (χ1) is 9.29. The molecule has 0 amide bonds. The summed E-state index contributed by atoms with van der Waals surface area (Å²) in [7, 11) is 0. The molecule has 1 aliphatic rings. The summed E-state index contributed by atoms with van der Waals surface area (Å²) in [5.41, 5.74) is 0.579. The van der Waals surface area contributed by atoms with Crippen molar-refractivity contribution in [2.45, 2.75) is 51.6 Å². The van der Waals surface area contributed by atoms with Gasteiger partial charge in [0.25, 0.3) is 0 Å². The number of benzene rings is 1. The molecule has 1 saturated carbocycles. The van der Waals surface area contributed by atoms with Crippen LogP contribution in [0.1, 0.15) is 55.8 Å². The standard InChI is InChI=1S/C16H22O3/c1-2-18-16(17)13-9-11-15(12-10-13)19-14-7-5-3-4-6-8-14/h9-12,14H,2-8H2,1H3. The van der Waals surface area contributed by atoms with Gasteiger partial charge in [-0.15, -0.1) is 0 Å². The first-order valence-corrected chi connectivity index (χ1v) is 7.23. The summed E-state index contributed by atoms with van der Waals surface area (Å²) in [6, 6.07) is 7.25. The number of carbonyl (C=O) groups is 1. The molecule has 104 valence electrons. The highest BCUT2D eigenvalue weighted by Crippen LogP contribution is 2.23. The van der Waals surface area contributed by atoms with Gasteiger partial charge < -0.3 is 9.47 Å². The van der Waals surface area contributed by atoms with E-state index in [1.54, 1.807) is 19.1 Å². The molecule has 1 fully saturated rings. The minimum absolute atomic E-state index is 0.275. The summed E-state index contributed by atoms with van der Waals surface area (Å²) >= 11 is 0. The molecular formula is C16H22O3. The highest BCUT2D eigenvalue weighted by atomic mass is 16.5. The summed E-state index contributed by atoms with van der Waals surface area (Å²) in [4.78, 5) is 11.5. The number of hydrogen-bond donors (Lipinski definition) is 0. The predicted octanol–water partition coefficient (Wildman–Crippen LogP) is 3.96. The van der Waals surface area contributed by atoms with Crippen LogP contribution < -0.4 is 4.74 Å². The number of ether oxygens (including phenoxy) is 2. The van der Waals surface area contributed by atoms with Crippen LogP contribution in [0.15, 0.2) is 24.3 Å². The number of hydrogen-bond acceptors (Lipinski definition) is 3. The second kappa shape index (κ2) is 7.17. The van der Waals surface area contributed by atoms with E-state index in [-0.39, 0.29) is 5.97 Å². The first kappa shape index (κ1) is 13.9. The van der Waals surface area contributed by atoms with Gasteiger partial charge in [0.05, 0.1) is 18.3 Å².